The molecule has 2 N–H and O–H groups in total. The van der Waals surface area contributed by atoms with Gasteiger partial charge >= 0.3 is 6.03 Å². The second-order valence-electron chi connectivity index (χ2n) is 3.97. The molecule has 1 heterocycles. The molecule has 1 aromatic carbocycles. The molecule has 3 nitrogen and oxygen atoms in total. The van der Waals surface area contributed by atoms with Gasteiger partial charge in [0.05, 0.1) is 0 Å². The zero-order valence-corrected chi connectivity index (χ0v) is 9.95. The maximum Gasteiger partial charge on any atom is 0.314 e. The first-order valence-electron chi connectivity index (χ1n) is 5.45. The van der Waals surface area contributed by atoms with Crippen LogP contribution in [0.3, 0.4) is 0 Å². The molecule has 4 heteroatoms. The Bertz CT molecular complexity index is 355. The number of rotatable bonds is 2. The summed E-state index contributed by atoms with van der Waals surface area (Å²) in [5.74, 6) is 0.987. The molecular weight excluding hydrogens is 220 g/mol. The monoisotopic (exact) mass is 236 g/mol. The number of nitrogens with zero attached hydrogens (tertiary/aromatic N) is 1. The summed E-state index contributed by atoms with van der Waals surface area (Å²) in [6.45, 7) is 1.56. The van der Waals surface area contributed by atoms with Gasteiger partial charge in [0, 0.05) is 24.1 Å². The number of hydrogen-bond acceptors (Lipinski definition) is 2. The van der Waals surface area contributed by atoms with Gasteiger partial charge in [-0.25, -0.2) is 4.79 Å². The minimum Gasteiger partial charge on any atom is -0.351 e. The van der Waals surface area contributed by atoms with Crippen molar-refractivity contribution in [1.82, 2.24) is 4.90 Å². The Balaban J connectivity index is 1.93. The van der Waals surface area contributed by atoms with E-state index in [9.17, 15) is 4.79 Å². The van der Waals surface area contributed by atoms with E-state index in [-0.39, 0.29) is 6.03 Å². The summed E-state index contributed by atoms with van der Waals surface area (Å²) < 4.78 is 0. The molecule has 1 aliphatic heterocycles. The molecule has 2 amide bonds. The Morgan fingerprint density at radius 1 is 1.44 bits per heavy atom. The highest BCUT2D eigenvalue weighted by atomic mass is 32.2. The van der Waals surface area contributed by atoms with Crippen molar-refractivity contribution in [3.63, 3.8) is 0 Å². The van der Waals surface area contributed by atoms with Crippen LogP contribution in [0, 0.1) is 0 Å². The fourth-order valence-corrected chi connectivity index (χ4v) is 3.17. The maximum atomic E-state index is 11.1. The first-order valence-corrected chi connectivity index (χ1v) is 6.50. The van der Waals surface area contributed by atoms with Gasteiger partial charge in [-0.05, 0) is 12.0 Å². The summed E-state index contributed by atoms with van der Waals surface area (Å²) in [6.07, 6.45) is 1.01. The van der Waals surface area contributed by atoms with Crippen LogP contribution in [0.15, 0.2) is 30.3 Å². The molecule has 16 heavy (non-hydrogen) atoms. The zero-order chi connectivity index (χ0) is 11.4. The molecule has 1 fully saturated rings. The average Bonchev–Trinajstić information content (AvgIpc) is 2.30. The van der Waals surface area contributed by atoms with Crippen LogP contribution in [0.25, 0.3) is 0 Å². The molecule has 1 unspecified atom stereocenters. The maximum absolute atomic E-state index is 11.1. The average molecular weight is 236 g/mol. The van der Waals surface area contributed by atoms with Gasteiger partial charge in [-0.2, -0.15) is 11.8 Å². The van der Waals surface area contributed by atoms with Crippen LogP contribution in [-0.4, -0.2) is 35.0 Å². The van der Waals surface area contributed by atoms with Crippen LogP contribution in [0.2, 0.25) is 0 Å². The molecule has 1 aromatic rings. The standard InChI is InChI=1S/C12H16N2OS/c13-12(15)14-6-7-16-11(9-14)8-10-4-2-1-3-5-10/h1-5,11H,6-9H2,(H2,13,15). The second-order valence-corrected chi connectivity index (χ2v) is 5.38. The van der Waals surface area contributed by atoms with Crippen molar-refractivity contribution in [3.8, 4) is 0 Å². The summed E-state index contributed by atoms with van der Waals surface area (Å²) >= 11 is 1.93. The number of thioether (sulfide) groups is 1. The van der Waals surface area contributed by atoms with Crippen molar-refractivity contribution in [1.29, 1.82) is 0 Å². The number of urea groups is 1. The highest BCUT2D eigenvalue weighted by Gasteiger charge is 2.22. The minimum absolute atomic E-state index is 0.293. The summed E-state index contributed by atoms with van der Waals surface area (Å²) in [7, 11) is 0. The lowest BCUT2D eigenvalue weighted by atomic mass is 10.1. The molecule has 0 aromatic heterocycles. The third-order valence-electron chi connectivity index (χ3n) is 2.76. The van der Waals surface area contributed by atoms with E-state index >= 15 is 0 Å². The highest BCUT2D eigenvalue weighted by molar-refractivity contribution is 8.00. The lowest BCUT2D eigenvalue weighted by Gasteiger charge is -2.31. The Morgan fingerprint density at radius 2 is 2.19 bits per heavy atom. The van der Waals surface area contributed by atoms with Crippen LogP contribution in [0.5, 0.6) is 0 Å². The number of hydrogen-bond donors (Lipinski definition) is 1. The van der Waals surface area contributed by atoms with Gasteiger partial charge in [0.15, 0.2) is 0 Å². The predicted octanol–water partition coefficient (Wildman–Crippen LogP) is 1.73. The molecule has 0 aliphatic carbocycles. The zero-order valence-electron chi connectivity index (χ0n) is 9.13. The van der Waals surface area contributed by atoms with Gasteiger partial charge in [-0.3, -0.25) is 0 Å². The number of carbonyl (C=O) groups excluding carboxylic acids is 1. The molecule has 1 aliphatic rings. The largest absolute Gasteiger partial charge is 0.351 e. The fourth-order valence-electron chi connectivity index (χ4n) is 1.92. The van der Waals surface area contributed by atoms with Crippen molar-refractivity contribution in [2.75, 3.05) is 18.8 Å². The van der Waals surface area contributed by atoms with Crippen molar-refractivity contribution in [2.24, 2.45) is 5.73 Å². The van der Waals surface area contributed by atoms with E-state index in [1.54, 1.807) is 4.90 Å². The molecule has 0 radical (unpaired) electrons. The smallest absolute Gasteiger partial charge is 0.314 e. The fraction of sp³-hybridized carbons (Fsp3) is 0.417. The van der Waals surface area contributed by atoms with Gasteiger partial charge in [-0.1, -0.05) is 30.3 Å². The minimum atomic E-state index is -0.293. The molecule has 2 rings (SSSR count). The third-order valence-corrected chi connectivity index (χ3v) is 3.96. The normalized spacial score (nSPS) is 20.8. The highest BCUT2D eigenvalue weighted by Crippen LogP contribution is 2.22. The number of nitrogens with two attached hydrogens (primary N) is 1. The van der Waals surface area contributed by atoms with Gasteiger partial charge in [0.1, 0.15) is 0 Å². The van der Waals surface area contributed by atoms with E-state index < -0.39 is 0 Å². The molecule has 0 saturated carbocycles. The van der Waals surface area contributed by atoms with E-state index in [1.165, 1.54) is 5.56 Å². The number of amides is 2. The van der Waals surface area contributed by atoms with E-state index in [0.717, 1.165) is 25.3 Å². The molecule has 86 valence electrons. The summed E-state index contributed by atoms with van der Waals surface area (Å²) in [6, 6.07) is 10.1. The van der Waals surface area contributed by atoms with E-state index in [0.29, 0.717) is 5.25 Å². The summed E-state index contributed by atoms with van der Waals surface area (Å²) in [5, 5.41) is 0.476. The van der Waals surface area contributed by atoms with Crippen LogP contribution in [-0.2, 0) is 6.42 Å². The first kappa shape index (κ1) is 11.3. The van der Waals surface area contributed by atoms with E-state index in [2.05, 4.69) is 24.3 Å². The summed E-state index contributed by atoms with van der Waals surface area (Å²) in [5.41, 5.74) is 6.63. The van der Waals surface area contributed by atoms with Crippen LogP contribution in [0.4, 0.5) is 4.79 Å². The second kappa shape index (κ2) is 5.25. The Labute approximate surface area is 100.0 Å². The predicted molar refractivity (Wildman–Crippen MR) is 67.5 cm³/mol. The Morgan fingerprint density at radius 3 is 2.88 bits per heavy atom. The van der Waals surface area contributed by atoms with Gasteiger partial charge in [-0.15, -0.1) is 0 Å². The van der Waals surface area contributed by atoms with Gasteiger partial charge in [0.2, 0.25) is 0 Å². The molecular formula is C12H16N2OS. The van der Waals surface area contributed by atoms with Crippen molar-refractivity contribution in [2.45, 2.75) is 11.7 Å². The Kier molecular flexibility index (Phi) is 3.72. The van der Waals surface area contributed by atoms with Crippen LogP contribution >= 0.6 is 11.8 Å². The van der Waals surface area contributed by atoms with E-state index in [1.807, 2.05) is 17.8 Å². The topological polar surface area (TPSA) is 46.3 Å². The Hall–Kier alpha value is -1.16. The first-order chi connectivity index (χ1) is 7.75. The third kappa shape index (κ3) is 2.92. The lowest BCUT2D eigenvalue weighted by molar-refractivity contribution is 0.209. The van der Waals surface area contributed by atoms with Crippen LogP contribution < -0.4 is 5.73 Å². The SMILES string of the molecule is NC(=O)N1CCSC(Cc2ccccc2)C1. The van der Waals surface area contributed by atoms with Gasteiger partial charge in [0.25, 0.3) is 0 Å². The number of carbonyl (C=O) groups is 1. The number of benzene rings is 1. The van der Waals surface area contributed by atoms with E-state index in [4.69, 9.17) is 5.73 Å². The molecule has 1 saturated heterocycles. The quantitative estimate of drug-likeness (QED) is 0.850. The van der Waals surface area contributed by atoms with Crippen molar-refractivity contribution in [3.05, 3.63) is 35.9 Å². The summed E-state index contributed by atoms with van der Waals surface area (Å²) in [4.78, 5) is 12.8. The number of primary amides is 1. The molecule has 0 spiro atoms. The lowest BCUT2D eigenvalue weighted by Crippen LogP contribution is -2.45. The van der Waals surface area contributed by atoms with Crippen molar-refractivity contribution >= 4 is 17.8 Å². The molecule has 0 bridgehead atoms. The van der Waals surface area contributed by atoms with Gasteiger partial charge < -0.3 is 10.6 Å². The van der Waals surface area contributed by atoms with Crippen molar-refractivity contribution < 1.29 is 4.79 Å². The molecule has 1 atom stereocenters. The van der Waals surface area contributed by atoms with Crippen LogP contribution in [0.1, 0.15) is 5.56 Å².